The van der Waals surface area contributed by atoms with Gasteiger partial charge < -0.3 is 5.32 Å². The number of rotatable bonds is 3. The zero-order valence-corrected chi connectivity index (χ0v) is 11.3. The molecule has 0 aliphatic carbocycles. The quantitative estimate of drug-likeness (QED) is 0.862. The molecule has 0 atom stereocenters. The van der Waals surface area contributed by atoms with E-state index in [-0.39, 0.29) is 0 Å². The fourth-order valence-corrected chi connectivity index (χ4v) is 2.57. The van der Waals surface area contributed by atoms with Crippen LogP contribution in [0, 0.1) is 11.3 Å². The topological polar surface area (TPSA) is 64.8 Å². The highest BCUT2D eigenvalue weighted by molar-refractivity contribution is 5.75. The molecule has 2 aromatic rings. The SMILES string of the molecule is N#CCN1CCC(Nc2cnc3ccccc3n2)CC1. The molecule has 20 heavy (non-hydrogen) atoms. The van der Waals surface area contributed by atoms with E-state index < -0.39 is 0 Å². The average Bonchev–Trinajstić information content (AvgIpc) is 2.49. The van der Waals surface area contributed by atoms with Crippen LogP contribution in [0.2, 0.25) is 0 Å². The van der Waals surface area contributed by atoms with Gasteiger partial charge in [0.15, 0.2) is 0 Å². The first-order valence-electron chi connectivity index (χ1n) is 6.93. The van der Waals surface area contributed by atoms with Crippen LogP contribution in [0.4, 0.5) is 5.82 Å². The van der Waals surface area contributed by atoms with Crippen molar-refractivity contribution >= 4 is 16.9 Å². The van der Waals surface area contributed by atoms with Crippen LogP contribution in [0.25, 0.3) is 11.0 Å². The predicted molar refractivity (Wildman–Crippen MR) is 78.2 cm³/mol. The zero-order valence-electron chi connectivity index (χ0n) is 11.3. The summed E-state index contributed by atoms with van der Waals surface area (Å²) >= 11 is 0. The van der Waals surface area contributed by atoms with E-state index in [9.17, 15) is 0 Å². The van der Waals surface area contributed by atoms with Gasteiger partial charge in [0.05, 0.1) is 29.8 Å². The second-order valence-corrected chi connectivity index (χ2v) is 5.10. The fourth-order valence-electron chi connectivity index (χ4n) is 2.57. The number of hydrogen-bond donors (Lipinski definition) is 1. The van der Waals surface area contributed by atoms with Crippen LogP contribution < -0.4 is 5.32 Å². The standard InChI is InChI=1S/C15H17N5/c16-7-10-20-8-5-12(6-9-20)18-15-11-17-13-3-1-2-4-14(13)19-15/h1-4,11-12H,5-6,8-10H2,(H,18,19). The van der Waals surface area contributed by atoms with Gasteiger partial charge in [0, 0.05) is 19.1 Å². The van der Waals surface area contributed by atoms with Crippen molar-refractivity contribution in [2.45, 2.75) is 18.9 Å². The van der Waals surface area contributed by atoms with Gasteiger partial charge in [-0.25, -0.2) is 4.98 Å². The maximum Gasteiger partial charge on any atom is 0.145 e. The summed E-state index contributed by atoms with van der Waals surface area (Å²) in [5.41, 5.74) is 1.83. The highest BCUT2D eigenvalue weighted by Crippen LogP contribution is 2.16. The highest BCUT2D eigenvalue weighted by Gasteiger charge is 2.18. The minimum absolute atomic E-state index is 0.417. The van der Waals surface area contributed by atoms with Crippen LogP contribution >= 0.6 is 0 Å². The molecule has 1 aromatic carbocycles. The van der Waals surface area contributed by atoms with Crippen LogP contribution in [0.15, 0.2) is 30.5 Å². The van der Waals surface area contributed by atoms with Gasteiger partial charge in [-0.2, -0.15) is 5.26 Å². The molecule has 1 aromatic heterocycles. The van der Waals surface area contributed by atoms with Gasteiger partial charge in [-0.3, -0.25) is 9.88 Å². The Morgan fingerprint density at radius 2 is 2.00 bits per heavy atom. The number of anilines is 1. The van der Waals surface area contributed by atoms with Gasteiger partial charge in [0.1, 0.15) is 5.82 Å². The minimum atomic E-state index is 0.417. The lowest BCUT2D eigenvalue weighted by molar-refractivity contribution is 0.242. The van der Waals surface area contributed by atoms with Crippen LogP contribution in [-0.2, 0) is 0 Å². The first-order chi connectivity index (χ1) is 9.85. The maximum absolute atomic E-state index is 8.69. The summed E-state index contributed by atoms with van der Waals surface area (Å²) in [7, 11) is 0. The van der Waals surface area contributed by atoms with Crippen molar-refractivity contribution in [2.75, 3.05) is 25.0 Å². The Morgan fingerprint density at radius 3 is 2.75 bits per heavy atom. The largest absolute Gasteiger partial charge is 0.366 e. The lowest BCUT2D eigenvalue weighted by Gasteiger charge is -2.30. The van der Waals surface area contributed by atoms with E-state index in [1.165, 1.54) is 0 Å². The summed E-state index contributed by atoms with van der Waals surface area (Å²) in [6.07, 6.45) is 3.87. The van der Waals surface area contributed by atoms with Gasteiger partial charge in [-0.05, 0) is 25.0 Å². The number of nitrogens with one attached hydrogen (secondary N) is 1. The molecule has 5 heteroatoms. The number of benzene rings is 1. The molecule has 1 N–H and O–H groups in total. The first-order valence-corrected chi connectivity index (χ1v) is 6.93. The summed E-state index contributed by atoms with van der Waals surface area (Å²) < 4.78 is 0. The molecule has 0 amide bonds. The van der Waals surface area contributed by atoms with Gasteiger partial charge in [0.25, 0.3) is 0 Å². The summed E-state index contributed by atoms with van der Waals surface area (Å²) in [5.74, 6) is 0.836. The molecular weight excluding hydrogens is 250 g/mol. The number of likely N-dealkylation sites (tertiary alicyclic amines) is 1. The van der Waals surface area contributed by atoms with Crippen molar-refractivity contribution in [3.8, 4) is 6.07 Å². The van der Waals surface area contributed by atoms with E-state index in [4.69, 9.17) is 5.26 Å². The molecule has 102 valence electrons. The Hall–Kier alpha value is -2.19. The number of nitrogens with zero attached hydrogens (tertiary/aromatic N) is 4. The van der Waals surface area contributed by atoms with Gasteiger partial charge in [0.2, 0.25) is 0 Å². The van der Waals surface area contributed by atoms with Crippen molar-refractivity contribution in [2.24, 2.45) is 0 Å². The normalized spacial score (nSPS) is 16.9. The molecule has 0 spiro atoms. The van der Waals surface area contributed by atoms with Crippen LogP contribution in [0.3, 0.4) is 0 Å². The Morgan fingerprint density at radius 1 is 1.25 bits per heavy atom. The third kappa shape index (κ3) is 2.86. The fraction of sp³-hybridized carbons (Fsp3) is 0.400. The number of nitriles is 1. The lowest BCUT2D eigenvalue weighted by atomic mass is 10.1. The average molecular weight is 267 g/mol. The minimum Gasteiger partial charge on any atom is -0.366 e. The van der Waals surface area contributed by atoms with E-state index in [1.54, 1.807) is 6.20 Å². The molecule has 1 aliphatic rings. The second-order valence-electron chi connectivity index (χ2n) is 5.10. The number of fused-ring (bicyclic) bond motifs is 1. The lowest BCUT2D eigenvalue weighted by Crippen LogP contribution is -2.39. The van der Waals surface area contributed by atoms with Crippen LogP contribution in [0.1, 0.15) is 12.8 Å². The predicted octanol–water partition coefficient (Wildman–Crippen LogP) is 2.03. The molecule has 5 nitrogen and oxygen atoms in total. The third-order valence-electron chi connectivity index (χ3n) is 3.68. The van der Waals surface area contributed by atoms with E-state index in [0.717, 1.165) is 42.8 Å². The van der Waals surface area contributed by atoms with E-state index in [1.807, 2.05) is 24.3 Å². The third-order valence-corrected chi connectivity index (χ3v) is 3.68. The summed E-state index contributed by atoms with van der Waals surface area (Å²) in [6.45, 7) is 2.46. The molecule has 1 fully saturated rings. The van der Waals surface area contributed by atoms with E-state index >= 15 is 0 Å². The summed E-state index contributed by atoms with van der Waals surface area (Å²) in [5, 5.41) is 12.1. The summed E-state index contributed by atoms with van der Waals surface area (Å²) in [6, 6.07) is 10.5. The number of aromatic nitrogens is 2. The molecule has 1 saturated heterocycles. The Labute approximate surface area is 118 Å². The van der Waals surface area contributed by atoms with Crippen molar-refractivity contribution in [3.05, 3.63) is 30.5 Å². The van der Waals surface area contributed by atoms with E-state index in [0.29, 0.717) is 12.6 Å². The van der Waals surface area contributed by atoms with Gasteiger partial charge >= 0.3 is 0 Å². The first kappa shape index (κ1) is 12.8. The Kier molecular flexibility index (Phi) is 3.75. The zero-order chi connectivity index (χ0) is 13.8. The number of piperidine rings is 1. The molecule has 3 rings (SSSR count). The molecule has 1 aliphatic heterocycles. The van der Waals surface area contributed by atoms with Gasteiger partial charge in [-0.15, -0.1) is 0 Å². The molecule has 0 unspecified atom stereocenters. The van der Waals surface area contributed by atoms with Gasteiger partial charge in [-0.1, -0.05) is 12.1 Å². The molecule has 0 radical (unpaired) electrons. The number of hydrogen-bond acceptors (Lipinski definition) is 5. The van der Waals surface area contributed by atoms with Crippen molar-refractivity contribution < 1.29 is 0 Å². The number of para-hydroxylation sites is 2. The van der Waals surface area contributed by atoms with Crippen LogP contribution in [0.5, 0.6) is 0 Å². The summed E-state index contributed by atoms with van der Waals surface area (Å²) in [4.78, 5) is 11.2. The van der Waals surface area contributed by atoms with Crippen molar-refractivity contribution in [1.82, 2.24) is 14.9 Å². The Bertz CT molecular complexity index is 625. The second kappa shape index (κ2) is 5.85. The molecule has 0 bridgehead atoms. The van der Waals surface area contributed by atoms with Crippen molar-refractivity contribution in [3.63, 3.8) is 0 Å². The molecule has 0 saturated carbocycles. The Balaban J connectivity index is 1.64. The van der Waals surface area contributed by atoms with Crippen LogP contribution in [-0.4, -0.2) is 40.5 Å². The van der Waals surface area contributed by atoms with E-state index in [2.05, 4.69) is 26.3 Å². The molecule has 2 heterocycles. The smallest absolute Gasteiger partial charge is 0.145 e. The monoisotopic (exact) mass is 267 g/mol. The van der Waals surface area contributed by atoms with Crippen molar-refractivity contribution in [1.29, 1.82) is 5.26 Å². The molecular formula is C15H17N5. The maximum atomic E-state index is 8.69. The highest BCUT2D eigenvalue weighted by atomic mass is 15.1.